The summed E-state index contributed by atoms with van der Waals surface area (Å²) in [6, 6.07) is 11.5. The fourth-order valence-electron chi connectivity index (χ4n) is 4.91. The van der Waals surface area contributed by atoms with Crippen LogP contribution in [0, 0.1) is 5.92 Å². The van der Waals surface area contributed by atoms with Gasteiger partial charge in [0.2, 0.25) is 5.91 Å². The van der Waals surface area contributed by atoms with Crippen LogP contribution in [0.5, 0.6) is 0 Å². The van der Waals surface area contributed by atoms with Gasteiger partial charge in [0.1, 0.15) is 0 Å². The van der Waals surface area contributed by atoms with Crippen LogP contribution in [0.25, 0.3) is 0 Å². The number of nitrogens with zero attached hydrogens (tertiary/aromatic N) is 1. The summed E-state index contributed by atoms with van der Waals surface area (Å²) >= 11 is 0. The van der Waals surface area contributed by atoms with Crippen LogP contribution in [0.2, 0.25) is 0 Å². The van der Waals surface area contributed by atoms with Gasteiger partial charge >= 0.3 is 0 Å². The van der Waals surface area contributed by atoms with E-state index in [9.17, 15) is 4.79 Å². The molecule has 3 atom stereocenters. The Morgan fingerprint density at radius 1 is 1.04 bits per heavy atom. The molecule has 4 rings (SSSR count). The third-order valence-corrected chi connectivity index (χ3v) is 6.28. The van der Waals surface area contributed by atoms with Crippen molar-refractivity contribution in [2.45, 2.75) is 56.5 Å². The van der Waals surface area contributed by atoms with Gasteiger partial charge in [0.05, 0.1) is 0 Å². The number of fused-ring (bicyclic) bond motifs is 1. The van der Waals surface area contributed by atoms with Crippen LogP contribution < -0.4 is 5.32 Å². The highest BCUT2D eigenvalue weighted by molar-refractivity contribution is 5.80. The van der Waals surface area contributed by atoms with E-state index in [2.05, 4.69) is 40.5 Å². The lowest BCUT2D eigenvalue weighted by atomic mass is 9.88. The maximum atomic E-state index is 13.3. The third-order valence-electron chi connectivity index (χ3n) is 6.28. The fraction of sp³-hybridized carbons (Fsp3) is 0.667. The van der Waals surface area contributed by atoms with E-state index in [0.29, 0.717) is 23.9 Å². The number of ether oxygens (including phenoxy) is 1. The molecule has 3 aliphatic rings. The molecule has 1 N–H and O–H groups in total. The normalized spacial score (nSPS) is 31.2. The van der Waals surface area contributed by atoms with Gasteiger partial charge in [0, 0.05) is 43.7 Å². The van der Waals surface area contributed by atoms with Gasteiger partial charge in [-0.15, -0.1) is 0 Å². The van der Waals surface area contributed by atoms with Gasteiger partial charge in [-0.1, -0.05) is 43.2 Å². The molecular formula is C21H30N2O2. The SMILES string of the molecule is O=C(C1CCOCC1)N1C[C@@H](c2ccccc2)[C@@H]2NCCCCC[C@@H]21. The molecule has 1 amide bonds. The lowest BCUT2D eigenvalue weighted by molar-refractivity contribution is -0.139. The summed E-state index contributed by atoms with van der Waals surface area (Å²) in [4.78, 5) is 15.5. The number of benzene rings is 1. The molecule has 0 bridgehead atoms. The Balaban J connectivity index is 1.58. The van der Waals surface area contributed by atoms with Gasteiger partial charge in [0.15, 0.2) is 0 Å². The molecule has 0 unspecified atom stereocenters. The number of amides is 1. The van der Waals surface area contributed by atoms with Gasteiger partial charge in [-0.2, -0.15) is 0 Å². The summed E-state index contributed by atoms with van der Waals surface area (Å²) in [5.41, 5.74) is 1.37. The van der Waals surface area contributed by atoms with E-state index in [1.165, 1.54) is 24.8 Å². The summed E-state index contributed by atoms with van der Waals surface area (Å²) < 4.78 is 5.46. The van der Waals surface area contributed by atoms with Crippen molar-refractivity contribution in [3.8, 4) is 0 Å². The van der Waals surface area contributed by atoms with Gasteiger partial charge in [-0.25, -0.2) is 0 Å². The summed E-state index contributed by atoms with van der Waals surface area (Å²) in [6.07, 6.45) is 6.66. The first-order chi connectivity index (χ1) is 12.3. The predicted molar refractivity (Wildman–Crippen MR) is 98.5 cm³/mol. The van der Waals surface area contributed by atoms with Crippen molar-refractivity contribution in [3.63, 3.8) is 0 Å². The molecule has 1 aromatic carbocycles. The van der Waals surface area contributed by atoms with Crippen molar-refractivity contribution in [3.05, 3.63) is 35.9 Å². The monoisotopic (exact) mass is 342 g/mol. The maximum absolute atomic E-state index is 13.3. The Hall–Kier alpha value is -1.39. The lowest BCUT2D eigenvalue weighted by Gasteiger charge is -2.34. The first-order valence-corrected chi connectivity index (χ1v) is 10.0. The second-order valence-electron chi connectivity index (χ2n) is 7.79. The highest BCUT2D eigenvalue weighted by Crippen LogP contribution is 2.37. The minimum absolute atomic E-state index is 0.161. The van der Waals surface area contributed by atoms with Crippen LogP contribution in [-0.4, -0.2) is 49.2 Å². The highest BCUT2D eigenvalue weighted by atomic mass is 16.5. The molecule has 0 radical (unpaired) electrons. The average Bonchev–Trinajstić information content (AvgIpc) is 2.99. The molecule has 0 aliphatic carbocycles. The minimum Gasteiger partial charge on any atom is -0.381 e. The zero-order valence-electron chi connectivity index (χ0n) is 15.0. The number of nitrogens with one attached hydrogen (secondary N) is 1. The number of likely N-dealkylation sites (tertiary alicyclic amines) is 1. The first-order valence-electron chi connectivity index (χ1n) is 10.0. The summed E-state index contributed by atoms with van der Waals surface area (Å²) in [5.74, 6) is 0.946. The highest BCUT2D eigenvalue weighted by Gasteiger charge is 2.45. The Bertz CT molecular complexity index is 571. The molecule has 0 aromatic heterocycles. The largest absolute Gasteiger partial charge is 0.381 e. The van der Waals surface area contributed by atoms with E-state index in [4.69, 9.17) is 4.74 Å². The van der Waals surface area contributed by atoms with Gasteiger partial charge in [-0.05, 0) is 37.8 Å². The molecule has 3 heterocycles. The predicted octanol–water partition coefficient (Wildman–Crippen LogP) is 2.94. The molecule has 3 aliphatic heterocycles. The van der Waals surface area contributed by atoms with Crippen LogP contribution in [-0.2, 0) is 9.53 Å². The van der Waals surface area contributed by atoms with E-state index < -0.39 is 0 Å². The Morgan fingerprint density at radius 2 is 1.84 bits per heavy atom. The molecule has 3 saturated heterocycles. The van der Waals surface area contributed by atoms with Gasteiger partial charge in [0.25, 0.3) is 0 Å². The van der Waals surface area contributed by atoms with Crippen molar-refractivity contribution in [1.29, 1.82) is 0 Å². The van der Waals surface area contributed by atoms with Crippen LogP contribution in [0.1, 0.15) is 50.0 Å². The van der Waals surface area contributed by atoms with Crippen LogP contribution in [0.15, 0.2) is 30.3 Å². The molecule has 0 spiro atoms. The minimum atomic E-state index is 0.161. The molecule has 25 heavy (non-hydrogen) atoms. The average molecular weight is 342 g/mol. The zero-order chi connectivity index (χ0) is 17.1. The molecule has 4 heteroatoms. The zero-order valence-corrected chi connectivity index (χ0v) is 15.0. The van der Waals surface area contributed by atoms with E-state index in [1.54, 1.807) is 0 Å². The lowest BCUT2D eigenvalue weighted by Crippen LogP contribution is -2.48. The van der Waals surface area contributed by atoms with Crippen molar-refractivity contribution in [1.82, 2.24) is 10.2 Å². The maximum Gasteiger partial charge on any atom is 0.226 e. The number of hydrogen-bond acceptors (Lipinski definition) is 3. The molecule has 0 saturated carbocycles. The first kappa shape index (κ1) is 17.0. The second-order valence-corrected chi connectivity index (χ2v) is 7.79. The summed E-state index contributed by atoms with van der Waals surface area (Å²) in [7, 11) is 0. The van der Waals surface area contributed by atoms with Crippen molar-refractivity contribution in [2.75, 3.05) is 26.3 Å². The van der Waals surface area contributed by atoms with E-state index >= 15 is 0 Å². The molecular weight excluding hydrogens is 312 g/mol. The van der Waals surface area contributed by atoms with Crippen molar-refractivity contribution in [2.24, 2.45) is 5.92 Å². The summed E-state index contributed by atoms with van der Waals surface area (Å²) in [6.45, 7) is 3.41. The van der Waals surface area contributed by atoms with E-state index in [0.717, 1.165) is 45.6 Å². The van der Waals surface area contributed by atoms with E-state index in [-0.39, 0.29) is 5.92 Å². The number of hydrogen-bond donors (Lipinski definition) is 1. The fourth-order valence-corrected chi connectivity index (χ4v) is 4.91. The van der Waals surface area contributed by atoms with Crippen molar-refractivity contribution < 1.29 is 9.53 Å². The van der Waals surface area contributed by atoms with Crippen LogP contribution in [0.4, 0.5) is 0 Å². The van der Waals surface area contributed by atoms with Gasteiger partial charge in [-0.3, -0.25) is 4.79 Å². The molecule has 1 aromatic rings. The van der Waals surface area contributed by atoms with Crippen LogP contribution in [0.3, 0.4) is 0 Å². The quantitative estimate of drug-likeness (QED) is 0.898. The second kappa shape index (κ2) is 7.88. The Morgan fingerprint density at radius 3 is 2.64 bits per heavy atom. The van der Waals surface area contributed by atoms with Crippen molar-refractivity contribution >= 4 is 5.91 Å². The standard InChI is InChI=1S/C21H30N2O2/c24-21(17-10-13-25-14-11-17)23-15-18(16-7-3-1-4-8-16)20-19(23)9-5-2-6-12-22-20/h1,3-4,7-8,17-20,22H,2,5-6,9-15H2/t18-,19-,20-/m0/s1. The number of carbonyl (C=O) groups is 1. The Labute approximate surface area is 150 Å². The van der Waals surface area contributed by atoms with Crippen LogP contribution >= 0.6 is 0 Å². The summed E-state index contributed by atoms with van der Waals surface area (Å²) in [5, 5.41) is 3.80. The van der Waals surface area contributed by atoms with Gasteiger partial charge < -0.3 is 15.0 Å². The smallest absolute Gasteiger partial charge is 0.226 e. The molecule has 3 fully saturated rings. The third kappa shape index (κ3) is 3.61. The Kier molecular flexibility index (Phi) is 5.37. The molecule has 136 valence electrons. The number of carbonyl (C=O) groups excluding carboxylic acids is 1. The molecule has 4 nitrogen and oxygen atoms in total. The van der Waals surface area contributed by atoms with E-state index in [1.807, 2.05) is 0 Å². The topological polar surface area (TPSA) is 41.6 Å². The number of rotatable bonds is 2.